The monoisotopic (exact) mass is 207 g/mol. The Morgan fingerprint density at radius 1 is 1.20 bits per heavy atom. The average Bonchev–Trinajstić information content (AvgIpc) is 2.25. The van der Waals surface area contributed by atoms with Crippen LogP contribution in [0.3, 0.4) is 0 Å². The van der Waals surface area contributed by atoms with Crippen LogP contribution in [0.2, 0.25) is 0 Å². The van der Waals surface area contributed by atoms with Crippen LogP contribution in [0.15, 0.2) is 30.3 Å². The highest BCUT2D eigenvalue weighted by molar-refractivity contribution is 5.18. The molecular formula is C13H21NO. The van der Waals surface area contributed by atoms with Crippen LogP contribution in [-0.2, 0) is 0 Å². The molecule has 0 bridgehead atoms. The normalized spacial score (nSPS) is 13.1. The van der Waals surface area contributed by atoms with Crippen LogP contribution >= 0.6 is 0 Å². The van der Waals surface area contributed by atoms with E-state index in [1.54, 1.807) is 0 Å². The van der Waals surface area contributed by atoms with E-state index in [1.165, 1.54) is 5.56 Å². The number of nitrogens with one attached hydrogen (secondary N) is 1. The summed E-state index contributed by atoms with van der Waals surface area (Å²) in [6.07, 6.45) is 1.83. The first-order valence-electron chi connectivity index (χ1n) is 5.66. The third-order valence-corrected chi connectivity index (χ3v) is 2.39. The quantitative estimate of drug-likeness (QED) is 0.751. The smallest absolute Gasteiger partial charge is 0.0431 e. The molecule has 0 spiro atoms. The largest absolute Gasteiger partial charge is 0.396 e. The molecule has 0 aromatic heterocycles. The van der Waals surface area contributed by atoms with Crippen molar-refractivity contribution in [1.29, 1.82) is 0 Å². The minimum Gasteiger partial charge on any atom is -0.396 e. The second-order valence-electron chi connectivity index (χ2n) is 4.15. The molecular weight excluding hydrogens is 186 g/mol. The Morgan fingerprint density at radius 2 is 1.87 bits per heavy atom. The molecule has 1 rings (SSSR count). The lowest BCUT2D eigenvalue weighted by Gasteiger charge is -2.21. The number of benzene rings is 1. The van der Waals surface area contributed by atoms with E-state index < -0.39 is 0 Å². The van der Waals surface area contributed by atoms with Gasteiger partial charge < -0.3 is 10.4 Å². The highest BCUT2D eigenvalue weighted by Crippen LogP contribution is 2.18. The van der Waals surface area contributed by atoms with Crippen LogP contribution in [0.25, 0.3) is 0 Å². The van der Waals surface area contributed by atoms with Crippen LogP contribution in [0.1, 0.15) is 38.3 Å². The van der Waals surface area contributed by atoms with Crippen LogP contribution in [0.5, 0.6) is 0 Å². The number of hydrogen-bond donors (Lipinski definition) is 2. The molecule has 1 aromatic carbocycles. The van der Waals surface area contributed by atoms with Gasteiger partial charge in [0.25, 0.3) is 0 Å². The molecule has 0 saturated carbocycles. The minimum atomic E-state index is 0.267. The maximum absolute atomic E-state index is 8.87. The van der Waals surface area contributed by atoms with Gasteiger partial charge in [-0.05, 0) is 18.4 Å². The van der Waals surface area contributed by atoms with Crippen molar-refractivity contribution >= 4 is 0 Å². The molecule has 0 amide bonds. The molecule has 2 nitrogen and oxygen atoms in total. The second kappa shape index (κ2) is 6.59. The van der Waals surface area contributed by atoms with Gasteiger partial charge >= 0.3 is 0 Å². The molecule has 0 heterocycles. The second-order valence-corrected chi connectivity index (χ2v) is 4.15. The van der Waals surface area contributed by atoms with E-state index in [0.717, 1.165) is 12.8 Å². The Morgan fingerprint density at radius 3 is 2.40 bits per heavy atom. The first-order chi connectivity index (χ1) is 7.24. The van der Waals surface area contributed by atoms with Gasteiger partial charge in [-0.3, -0.25) is 0 Å². The highest BCUT2D eigenvalue weighted by atomic mass is 16.2. The van der Waals surface area contributed by atoms with Crippen molar-refractivity contribution < 1.29 is 5.11 Å². The predicted molar refractivity (Wildman–Crippen MR) is 63.8 cm³/mol. The molecule has 15 heavy (non-hydrogen) atoms. The first kappa shape index (κ1) is 12.2. The van der Waals surface area contributed by atoms with Gasteiger partial charge in [-0.1, -0.05) is 44.2 Å². The van der Waals surface area contributed by atoms with Crippen molar-refractivity contribution in [2.45, 2.75) is 38.8 Å². The summed E-state index contributed by atoms with van der Waals surface area (Å²) in [6.45, 7) is 4.56. The van der Waals surface area contributed by atoms with E-state index in [4.69, 9.17) is 5.11 Å². The van der Waals surface area contributed by atoms with Crippen molar-refractivity contribution in [2.75, 3.05) is 6.61 Å². The number of hydrogen-bond acceptors (Lipinski definition) is 2. The molecule has 1 atom stereocenters. The Kier molecular flexibility index (Phi) is 5.37. The zero-order chi connectivity index (χ0) is 11.1. The molecule has 0 radical (unpaired) electrons. The lowest BCUT2D eigenvalue weighted by Crippen LogP contribution is -2.28. The van der Waals surface area contributed by atoms with E-state index in [0.29, 0.717) is 12.1 Å². The fraction of sp³-hybridized carbons (Fsp3) is 0.538. The van der Waals surface area contributed by atoms with Gasteiger partial charge in [0.2, 0.25) is 0 Å². The van der Waals surface area contributed by atoms with E-state index in [2.05, 4.69) is 43.4 Å². The molecule has 0 aliphatic carbocycles. The van der Waals surface area contributed by atoms with Gasteiger partial charge in [-0.15, -0.1) is 0 Å². The average molecular weight is 207 g/mol. The van der Waals surface area contributed by atoms with E-state index in [9.17, 15) is 0 Å². The van der Waals surface area contributed by atoms with Gasteiger partial charge in [-0.2, -0.15) is 0 Å². The van der Waals surface area contributed by atoms with Crippen LogP contribution in [-0.4, -0.2) is 17.8 Å². The summed E-state index contributed by atoms with van der Waals surface area (Å²) in [5.74, 6) is 0. The Balaban J connectivity index is 2.63. The molecule has 0 aliphatic heterocycles. The van der Waals surface area contributed by atoms with Gasteiger partial charge in [0, 0.05) is 18.7 Å². The molecule has 1 aromatic rings. The molecule has 2 N–H and O–H groups in total. The van der Waals surface area contributed by atoms with Crippen LogP contribution < -0.4 is 5.32 Å². The summed E-state index contributed by atoms with van der Waals surface area (Å²) < 4.78 is 0. The summed E-state index contributed by atoms with van der Waals surface area (Å²) in [6, 6.07) is 11.2. The minimum absolute atomic E-state index is 0.267. The summed E-state index contributed by atoms with van der Waals surface area (Å²) in [5.41, 5.74) is 1.31. The highest BCUT2D eigenvalue weighted by Gasteiger charge is 2.11. The SMILES string of the molecule is CC(C)NC(CCCO)c1ccccc1. The number of rotatable bonds is 6. The first-order valence-corrected chi connectivity index (χ1v) is 5.66. The maximum atomic E-state index is 8.87. The van der Waals surface area contributed by atoms with Crippen molar-refractivity contribution in [1.82, 2.24) is 5.32 Å². The van der Waals surface area contributed by atoms with Crippen molar-refractivity contribution in [3.63, 3.8) is 0 Å². The summed E-state index contributed by atoms with van der Waals surface area (Å²) in [4.78, 5) is 0. The number of aliphatic hydroxyl groups is 1. The van der Waals surface area contributed by atoms with E-state index in [1.807, 2.05) is 6.07 Å². The standard InChI is InChI=1S/C13H21NO/c1-11(2)14-13(9-6-10-15)12-7-4-3-5-8-12/h3-5,7-8,11,13-15H,6,9-10H2,1-2H3. The van der Waals surface area contributed by atoms with Gasteiger partial charge in [0.15, 0.2) is 0 Å². The molecule has 1 unspecified atom stereocenters. The third kappa shape index (κ3) is 4.45. The number of aliphatic hydroxyl groups excluding tert-OH is 1. The molecule has 84 valence electrons. The zero-order valence-electron chi connectivity index (χ0n) is 9.61. The van der Waals surface area contributed by atoms with Gasteiger partial charge in [0.05, 0.1) is 0 Å². The Bertz CT molecular complexity index is 258. The lowest BCUT2D eigenvalue weighted by atomic mass is 10.0. The summed E-state index contributed by atoms with van der Waals surface area (Å²) in [7, 11) is 0. The van der Waals surface area contributed by atoms with Crippen molar-refractivity contribution in [3.8, 4) is 0 Å². The van der Waals surface area contributed by atoms with Crippen molar-refractivity contribution in [2.24, 2.45) is 0 Å². The Labute approximate surface area is 92.3 Å². The van der Waals surface area contributed by atoms with Gasteiger partial charge in [-0.25, -0.2) is 0 Å². The van der Waals surface area contributed by atoms with E-state index in [-0.39, 0.29) is 6.61 Å². The summed E-state index contributed by atoms with van der Waals surface area (Å²) in [5, 5.41) is 12.4. The van der Waals surface area contributed by atoms with Crippen LogP contribution in [0.4, 0.5) is 0 Å². The Hall–Kier alpha value is -0.860. The maximum Gasteiger partial charge on any atom is 0.0431 e. The fourth-order valence-electron chi connectivity index (χ4n) is 1.73. The predicted octanol–water partition coefficient (Wildman–Crippen LogP) is 2.50. The molecule has 0 aliphatic rings. The van der Waals surface area contributed by atoms with E-state index >= 15 is 0 Å². The van der Waals surface area contributed by atoms with Crippen LogP contribution in [0, 0.1) is 0 Å². The third-order valence-electron chi connectivity index (χ3n) is 2.39. The molecule has 0 fully saturated rings. The fourth-order valence-corrected chi connectivity index (χ4v) is 1.73. The topological polar surface area (TPSA) is 32.3 Å². The van der Waals surface area contributed by atoms with Crippen molar-refractivity contribution in [3.05, 3.63) is 35.9 Å². The summed E-state index contributed by atoms with van der Waals surface area (Å²) >= 11 is 0. The molecule has 0 saturated heterocycles. The zero-order valence-corrected chi connectivity index (χ0v) is 9.61. The van der Waals surface area contributed by atoms with Gasteiger partial charge in [0.1, 0.15) is 0 Å². The molecule has 2 heteroatoms. The lowest BCUT2D eigenvalue weighted by molar-refractivity contribution is 0.273.